The van der Waals surface area contributed by atoms with Crippen LogP contribution in [0.4, 0.5) is 4.79 Å². The first kappa shape index (κ1) is 16.6. The van der Waals surface area contributed by atoms with Crippen molar-refractivity contribution in [1.82, 2.24) is 10.2 Å². The first-order valence-corrected chi connectivity index (χ1v) is 7.26. The molecule has 0 bridgehead atoms. The molecule has 0 saturated heterocycles. The van der Waals surface area contributed by atoms with Crippen molar-refractivity contribution in [2.75, 3.05) is 32.2 Å². The van der Waals surface area contributed by atoms with Gasteiger partial charge >= 0.3 is 12.0 Å². The molecule has 0 aromatic carbocycles. The van der Waals surface area contributed by atoms with E-state index in [0.29, 0.717) is 0 Å². The standard InChI is InChI=1S/C9H18N2O6S/c1-11(4-6-18(2,16)17)9(15)10-7(3-5-12)8(13)14/h7,12H,3-6H2,1-2H3,(H,10,15)(H,13,14)/t7-/m0/s1. The van der Waals surface area contributed by atoms with Gasteiger partial charge in [-0.25, -0.2) is 18.0 Å². The fraction of sp³-hybridized carbons (Fsp3) is 0.778. The highest BCUT2D eigenvalue weighted by Gasteiger charge is 2.21. The fourth-order valence-electron chi connectivity index (χ4n) is 1.05. The van der Waals surface area contributed by atoms with Gasteiger partial charge in [0.1, 0.15) is 15.9 Å². The molecule has 106 valence electrons. The largest absolute Gasteiger partial charge is 0.480 e. The topological polar surface area (TPSA) is 124 Å². The third-order valence-electron chi connectivity index (χ3n) is 2.16. The number of urea groups is 1. The van der Waals surface area contributed by atoms with Gasteiger partial charge in [0.15, 0.2) is 0 Å². The number of carboxylic acids is 1. The highest BCUT2D eigenvalue weighted by molar-refractivity contribution is 7.90. The lowest BCUT2D eigenvalue weighted by molar-refractivity contribution is -0.139. The fourth-order valence-corrected chi connectivity index (χ4v) is 1.66. The van der Waals surface area contributed by atoms with Crippen molar-refractivity contribution < 1.29 is 28.2 Å². The maximum atomic E-state index is 11.5. The Hall–Kier alpha value is -1.35. The number of carbonyl (C=O) groups is 2. The number of aliphatic hydroxyl groups is 1. The third kappa shape index (κ3) is 7.07. The van der Waals surface area contributed by atoms with E-state index >= 15 is 0 Å². The minimum atomic E-state index is -3.19. The van der Waals surface area contributed by atoms with Crippen molar-refractivity contribution >= 4 is 21.8 Å². The number of nitrogens with zero attached hydrogens (tertiary/aromatic N) is 1. The van der Waals surface area contributed by atoms with E-state index in [0.717, 1.165) is 11.2 Å². The summed E-state index contributed by atoms with van der Waals surface area (Å²) in [5, 5.41) is 19.6. The second-order valence-corrected chi connectivity index (χ2v) is 6.16. The molecular formula is C9H18N2O6S. The summed E-state index contributed by atoms with van der Waals surface area (Å²) < 4.78 is 21.8. The third-order valence-corrected chi connectivity index (χ3v) is 3.08. The van der Waals surface area contributed by atoms with Crippen molar-refractivity contribution in [3.05, 3.63) is 0 Å². The molecule has 1 atom stereocenters. The van der Waals surface area contributed by atoms with Gasteiger partial charge in [-0.1, -0.05) is 0 Å². The average molecular weight is 282 g/mol. The van der Waals surface area contributed by atoms with Crippen LogP contribution in [-0.2, 0) is 14.6 Å². The molecule has 18 heavy (non-hydrogen) atoms. The number of nitrogens with one attached hydrogen (secondary N) is 1. The van der Waals surface area contributed by atoms with Crippen LogP contribution in [0.25, 0.3) is 0 Å². The number of carboxylic acid groups (broad SMARTS) is 1. The number of aliphatic carboxylic acids is 1. The number of rotatable bonds is 7. The zero-order valence-electron chi connectivity index (χ0n) is 10.3. The molecule has 2 amide bonds. The highest BCUT2D eigenvalue weighted by Crippen LogP contribution is 1.95. The number of carbonyl (C=O) groups excluding carboxylic acids is 1. The molecule has 8 nitrogen and oxygen atoms in total. The maximum Gasteiger partial charge on any atom is 0.326 e. The second kappa shape index (κ2) is 7.17. The molecule has 0 aromatic heterocycles. The lowest BCUT2D eigenvalue weighted by atomic mass is 10.2. The number of sulfone groups is 1. The Kier molecular flexibility index (Phi) is 6.63. The summed E-state index contributed by atoms with van der Waals surface area (Å²) in [7, 11) is -1.83. The summed E-state index contributed by atoms with van der Waals surface area (Å²) in [6.45, 7) is -0.402. The van der Waals surface area contributed by atoms with Crippen molar-refractivity contribution in [2.45, 2.75) is 12.5 Å². The summed E-state index contributed by atoms with van der Waals surface area (Å²) in [6.07, 6.45) is 0.936. The van der Waals surface area contributed by atoms with Gasteiger partial charge in [-0.3, -0.25) is 0 Å². The van der Waals surface area contributed by atoms with Crippen LogP contribution in [0.3, 0.4) is 0 Å². The number of aliphatic hydroxyl groups excluding tert-OH is 1. The van der Waals surface area contributed by atoms with Crippen LogP contribution in [0.15, 0.2) is 0 Å². The van der Waals surface area contributed by atoms with Crippen LogP contribution in [0.2, 0.25) is 0 Å². The van der Waals surface area contributed by atoms with Crippen LogP contribution in [0, 0.1) is 0 Å². The monoisotopic (exact) mass is 282 g/mol. The molecule has 0 aromatic rings. The van der Waals surface area contributed by atoms with Gasteiger partial charge < -0.3 is 20.4 Å². The first-order valence-electron chi connectivity index (χ1n) is 5.20. The molecule has 0 aliphatic carbocycles. The van der Waals surface area contributed by atoms with E-state index in [4.69, 9.17) is 10.2 Å². The summed E-state index contributed by atoms with van der Waals surface area (Å²) in [5.74, 6) is -1.46. The van der Waals surface area contributed by atoms with Crippen molar-refractivity contribution in [3.63, 3.8) is 0 Å². The Morgan fingerprint density at radius 2 is 1.94 bits per heavy atom. The van der Waals surface area contributed by atoms with Gasteiger partial charge in [0.25, 0.3) is 0 Å². The molecule has 0 fully saturated rings. The highest BCUT2D eigenvalue weighted by atomic mass is 32.2. The van der Waals surface area contributed by atoms with Crippen LogP contribution >= 0.6 is 0 Å². The Bertz CT molecular complexity index is 394. The molecule has 0 aliphatic heterocycles. The maximum absolute atomic E-state index is 11.5. The number of amides is 2. The van der Waals surface area contributed by atoms with E-state index in [1.165, 1.54) is 7.05 Å². The van der Waals surface area contributed by atoms with Crippen LogP contribution in [0.5, 0.6) is 0 Å². The Balaban J connectivity index is 4.33. The Morgan fingerprint density at radius 3 is 2.33 bits per heavy atom. The second-order valence-electron chi connectivity index (χ2n) is 3.90. The molecule has 3 N–H and O–H groups in total. The van der Waals surface area contributed by atoms with Gasteiger partial charge in [-0.15, -0.1) is 0 Å². The zero-order valence-corrected chi connectivity index (χ0v) is 11.1. The van der Waals surface area contributed by atoms with E-state index in [2.05, 4.69) is 5.32 Å². The normalized spacial score (nSPS) is 12.8. The Labute approximate surface area is 106 Å². The SMILES string of the molecule is CN(CCS(C)(=O)=O)C(=O)N[C@@H](CCO)C(=O)O. The molecule has 0 aliphatic rings. The van der Waals surface area contributed by atoms with Crippen LogP contribution in [-0.4, -0.2) is 73.8 Å². The zero-order chi connectivity index (χ0) is 14.3. The smallest absolute Gasteiger partial charge is 0.326 e. The predicted octanol–water partition coefficient (Wildman–Crippen LogP) is -1.49. The van der Waals surface area contributed by atoms with Crippen LogP contribution in [0.1, 0.15) is 6.42 Å². The van der Waals surface area contributed by atoms with E-state index in [1.807, 2.05) is 0 Å². The molecule has 0 heterocycles. The van der Waals surface area contributed by atoms with Crippen molar-refractivity contribution in [3.8, 4) is 0 Å². The van der Waals surface area contributed by atoms with E-state index in [-0.39, 0.29) is 25.3 Å². The Morgan fingerprint density at radius 1 is 1.39 bits per heavy atom. The van der Waals surface area contributed by atoms with Gasteiger partial charge in [0.05, 0.1) is 5.75 Å². The molecule has 0 rings (SSSR count). The predicted molar refractivity (Wildman–Crippen MR) is 64.0 cm³/mol. The van der Waals surface area contributed by atoms with Gasteiger partial charge in [-0.2, -0.15) is 0 Å². The molecular weight excluding hydrogens is 264 g/mol. The summed E-state index contributed by atoms with van der Waals surface area (Å²) in [4.78, 5) is 23.3. The lowest BCUT2D eigenvalue weighted by Crippen LogP contribution is -2.47. The summed E-state index contributed by atoms with van der Waals surface area (Å²) in [6, 6.07) is -1.89. The minimum absolute atomic E-state index is 0.0316. The summed E-state index contributed by atoms with van der Waals surface area (Å²) >= 11 is 0. The lowest BCUT2D eigenvalue weighted by Gasteiger charge is -2.20. The number of hydrogen-bond acceptors (Lipinski definition) is 5. The van der Waals surface area contributed by atoms with E-state index < -0.39 is 27.9 Å². The molecule has 9 heteroatoms. The molecule has 0 unspecified atom stereocenters. The van der Waals surface area contributed by atoms with E-state index in [1.54, 1.807) is 0 Å². The van der Waals surface area contributed by atoms with E-state index in [9.17, 15) is 18.0 Å². The van der Waals surface area contributed by atoms with Crippen molar-refractivity contribution in [2.24, 2.45) is 0 Å². The van der Waals surface area contributed by atoms with Gasteiger partial charge in [0, 0.05) is 32.9 Å². The quantitative estimate of drug-likeness (QED) is 0.522. The minimum Gasteiger partial charge on any atom is -0.480 e. The van der Waals surface area contributed by atoms with Crippen LogP contribution < -0.4 is 5.32 Å². The molecule has 0 spiro atoms. The summed E-state index contributed by atoms with van der Waals surface area (Å²) in [5.41, 5.74) is 0. The van der Waals surface area contributed by atoms with Crippen molar-refractivity contribution in [1.29, 1.82) is 0 Å². The van der Waals surface area contributed by atoms with Gasteiger partial charge in [0.2, 0.25) is 0 Å². The average Bonchev–Trinajstić information content (AvgIpc) is 2.23. The first-order chi connectivity index (χ1) is 8.17. The molecule has 0 saturated carbocycles. The van der Waals surface area contributed by atoms with Gasteiger partial charge in [-0.05, 0) is 0 Å². The number of hydrogen-bond donors (Lipinski definition) is 3. The molecule has 0 radical (unpaired) electrons.